The van der Waals surface area contributed by atoms with E-state index in [1.165, 1.54) is 0 Å². The molecule has 0 amide bonds. The van der Waals surface area contributed by atoms with Gasteiger partial charge in [0.05, 0.1) is 20.3 Å². The van der Waals surface area contributed by atoms with Gasteiger partial charge in [0.1, 0.15) is 11.5 Å². The number of rotatable bonds is 3. The Morgan fingerprint density at radius 1 is 1.06 bits per heavy atom. The molecule has 1 aromatic rings. The van der Waals surface area contributed by atoms with Crippen molar-refractivity contribution in [3.8, 4) is 11.5 Å². The first-order chi connectivity index (χ1) is 7.81. The van der Waals surface area contributed by atoms with E-state index in [0.29, 0.717) is 5.75 Å². The first-order valence-corrected chi connectivity index (χ1v) is 5.75. The van der Waals surface area contributed by atoms with E-state index in [9.17, 15) is 5.11 Å². The molecule has 1 N–H and O–H groups in total. The summed E-state index contributed by atoms with van der Waals surface area (Å²) in [5.74, 6) is 1.49. The van der Waals surface area contributed by atoms with Crippen molar-refractivity contribution in [2.75, 3.05) is 14.2 Å². The third kappa shape index (κ3) is 2.91. The molecular weight excluding hydrogens is 216 g/mol. The largest absolute Gasteiger partial charge is 0.496 e. The number of methoxy groups -OCH3 is 2. The van der Waals surface area contributed by atoms with Gasteiger partial charge in [-0.05, 0) is 24.5 Å². The van der Waals surface area contributed by atoms with Crippen LogP contribution in [0.1, 0.15) is 44.9 Å². The summed E-state index contributed by atoms with van der Waals surface area (Å²) in [6.07, 6.45) is -0.576. The second kappa shape index (κ2) is 4.96. The fourth-order valence-corrected chi connectivity index (χ4v) is 1.83. The standard InChI is InChI=1S/C14H22O3/c1-9(15)10-7-13(17-6)11(14(2,3)4)8-12(10)16-5/h7-9,15H,1-6H3. The van der Waals surface area contributed by atoms with Crippen LogP contribution >= 0.6 is 0 Å². The zero-order chi connectivity index (χ0) is 13.2. The fraction of sp³-hybridized carbons (Fsp3) is 0.571. The predicted molar refractivity (Wildman–Crippen MR) is 68.9 cm³/mol. The van der Waals surface area contributed by atoms with Gasteiger partial charge in [0.2, 0.25) is 0 Å². The van der Waals surface area contributed by atoms with Crippen LogP contribution in [0.15, 0.2) is 12.1 Å². The Bertz CT molecular complexity index is 389. The van der Waals surface area contributed by atoms with Gasteiger partial charge in [0.25, 0.3) is 0 Å². The number of hydrogen-bond donors (Lipinski definition) is 1. The molecule has 3 heteroatoms. The zero-order valence-electron chi connectivity index (χ0n) is 11.5. The molecule has 0 bridgehead atoms. The topological polar surface area (TPSA) is 38.7 Å². The van der Waals surface area contributed by atoms with Crippen molar-refractivity contribution >= 4 is 0 Å². The molecule has 1 unspecified atom stereocenters. The van der Waals surface area contributed by atoms with Gasteiger partial charge in [-0.15, -0.1) is 0 Å². The first kappa shape index (κ1) is 13.8. The molecule has 1 aromatic carbocycles. The summed E-state index contributed by atoms with van der Waals surface area (Å²) in [6, 6.07) is 3.80. The van der Waals surface area contributed by atoms with Crippen LogP contribution in [0.5, 0.6) is 11.5 Å². The van der Waals surface area contributed by atoms with Gasteiger partial charge >= 0.3 is 0 Å². The van der Waals surface area contributed by atoms with Crippen LogP contribution in [-0.2, 0) is 5.41 Å². The SMILES string of the molecule is COc1cc(C(C)(C)C)c(OC)cc1C(C)O. The van der Waals surface area contributed by atoms with Gasteiger partial charge in [-0.3, -0.25) is 0 Å². The van der Waals surface area contributed by atoms with E-state index in [2.05, 4.69) is 20.8 Å². The highest BCUT2D eigenvalue weighted by Crippen LogP contribution is 2.38. The molecule has 0 heterocycles. The molecule has 96 valence electrons. The molecule has 0 radical (unpaired) electrons. The van der Waals surface area contributed by atoms with Crippen LogP contribution in [0.25, 0.3) is 0 Å². The number of aliphatic hydroxyl groups is 1. The Kier molecular flexibility index (Phi) is 4.04. The van der Waals surface area contributed by atoms with Crippen LogP contribution in [0.4, 0.5) is 0 Å². The molecule has 1 rings (SSSR count). The normalized spacial score (nSPS) is 13.4. The van der Waals surface area contributed by atoms with Crippen LogP contribution in [0.2, 0.25) is 0 Å². The lowest BCUT2D eigenvalue weighted by molar-refractivity contribution is 0.193. The molecule has 0 aliphatic carbocycles. The third-order valence-electron chi connectivity index (χ3n) is 2.81. The summed E-state index contributed by atoms with van der Waals surface area (Å²) in [7, 11) is 3.25. The molecule has 0 fully saturated rings. The average Bonchev–Trinajstić information content (AvgIpc) is 2.25. The lowest BCUT2D eigenvalue weighted by Crippen LogP contribution is -2.14. The highest BCUT2D eigenvalue weighted by atomic mass is 16.5. The van der Waals surface area contributed by atoms with Crippen LogP contribution < -0.4 is 9.47 Å². The summed E-state index contributed by atoms with van der Waals surface area (Å²) < 4.78 is 10.7. The molecule has 0 saturated heterocycles. The summed E-state index contributed by atoms with van der Waals surface area (Å²) >= 11 is 0. The summed E-state index contributed by atoms with van der Waals surface area (Å²) in [4.78, 5) is 0. The quantitative estimate of drug-likeness (QED) is 0.879. The minimum absolute atomic E-state index is 0.0319. The van der Waals surface area contributed by atoms with Gasteiger partial charge in [0, 0.05) is 11.1 Å². The van der Waals surface area contributed by atoms with E-state index in [4.69, 9.17) is 9.47 Å². The van der Waals surface area contributed by atoms with Crippen molar-refractivity contribution in [2.24, 2.45) is 0 Å². The maximum absolute atomic E-state index is 9.71. The predicted octanol–water partition coefficient (Wildman–Crippen LogP) is 3.05. The molecule has 0 aromatic heterocycles. The summed E-state index contributed by atoms with van der Waals surface area (Å²) in [5, 5.41) is 9.71. The van der Waals surface area contributed by atoms with E-state index in [0.717, 1.165) is 16.9 Å². The van der Waals surface area contributed by atoms with Crippen molar-refractivity contribution in [1.82, 2.24) is 0 Å². The Balaban J connectivity index is 3.44. The second-order valence-corrected chi connectivity index (χ2v) is 5.22. The van der Waals surface area contributed by atoms with Crippen molar-refractivity contribution in [1.29, 1.82) is 0 Å². The van der Waals surface area contributed by atoms with Gasteiger partial charge < -0.3 is 14.6 Å². The van der Waals surface area contributed by atoms with Crippen LogP contribution in [0.3, 0.4) is 0 Å². The average molecular weight is 238 g/mol. The van der Waals surface area contributed by atoms with Crippen molar-refractivity contribution in [2.45, 2.75) is 39.2 Å². The van der Waals surface area contributed by atoms with Crippen molar-refractivity contribution in [3.63, 3.8) is 0 Å². The molecule has 1 atom stereocenters. The molecule has 17 heavy (non-hydrogen) atoms. The Hall–Kier alpha value is -1.22. The third-order valence-corrected chi connectivity index (χ3v) is 2.81. The van der Waals surface area contributed by atoms with Crippen LogP contribution in [-0.4, -0.2) is 19.3 Å². The van der Waals surface area contributed by atoms with E-state index < -0.39 is 6.10 Å². The van der Waals surface area contributed by atoms with Crippen molar-refractivity contribution in [3.05, 3.63) is 23.3 Å². The zero-order valence-corrected chi connectivity index (χ0v) is 11.5. The number of benzene rings is 1. The lowest BCUT2D eigenvalue weighted by Gasteiger charge is -2.24. The fourth-order valence-electron chi connectivity index (χ4n) is 1.83. The van der Waals surface area contributed by atoms with E-state index >= 15 is 0 Å². The van der Waals surface area contributed by atoms with E-state index in [-0.39, 0.29) is 5.41 Å². The molecule has 0 aliphatic heterocycles. The number of aliphatic hydroxyl groups excluding tert-OH is 1. The van der Waals surface area contributed by atoms with Crippen LogP contribution in [0, 0.1) is 0 Å². The van der Waals surface area contributed by atoms with Gasteiger partial charge in [-0.1, -0.05) is 20.8 Å². The summed E-state index contributed by atoms with van der Waals surface area (Å²) in [5.41, 5.74) is 1.79. The second-order valence-electron chi connectivity index (χ2n) is 5.22. The van der Waals surface area contributed by atoms with Gasteiger partial charge in [-0.2, -0.15) is 0 Å². The minimum Gasteiger partial charge on any atom is -0.496 e. The Labute approximate surface area is 103 Å². The maximum atomic E-state index is 9.71. The first-order valence-electron chi connectivity index (χ1n) is 5.75. The molecular formula is C14H22O3. The smallest absolute Gasteiger partial charge is 0.125 e. The molecule has 3 nitrogen and oxygen atoms in total. The van der Waals surface area contributed by atoms with E-state index in [1.807, 2.05) is 12.1 Å². The maximum Gasteiger partial charge on any atom is 0.125 e. The monoisotopic (exact) mass is 238 g/mol. The van der Waals surface area contributed by atoms with Gasteiger partial charge in [0.15, 0.2) is 0 Å². The summed E-state index contributed by atoms with van der Waals surface area (Å²) in [6.45, 7) is 8.07. The lowest BCUT2D eigenvalue weighted by atomic mass is 9.85. The molecule has 0 saturated carbocycles. The number of hydrogen-bond acceptors (Lipinski definition) is 3. The minimum atomic E-state index is -0.576. The molecule has 0 spiro atoms. The number of ether oxygens (including phenoxy) is 2. The Morgan fingerprint density at radius 2 is 1.59 bits per heavy atom. The van der Waals surface area contributed by atoms with E-state index in [1.54, 1.807) is 21.1 Å². The Morgan fingerprint density at radius 3 is 1.94 bits per heavy atom. The molecule has 0 aliphatic rings. The highest BCUT2D eigenvalue weighted by Gasteiger charge is 2.22. The van der Waals surface area contributed by atoms with Crippen molar-refractivity contribution < 1.29 is 14.6 Å². The highest BCUT2D eigenvalue weighted by molar-refractivity contribution is 5.50. The van der Waals surface area contributed by atoms with Gasteiger partial charge in [-0.25, -0.2) is 0 Å².